The summed E-state index contributed by atoms with van der Waals surface area (Å²) < 4.78 is 0. The molecule has 2 saturated heterocycles. The Bertz CT molecular complexity index is 1890. The summed E-state index contributed by atoms with van der Waals surface area (Å²) in [4.78, 5) is 13.2. The van der Waals surface area contributed by atoms with Crippen molar-refractivity contribution in [1.29, 1.82) is 0 Å². The summed E-state index contributed by atoms with van der Waals surface area (Å²) in [6.07, 6.45) is 14.3. The minimum Gasteiger partial charge on any atom is -0.341 e. The quantitative estimate of drug-likeness (QED) is 0.213. The van der Waals surface area contributed by atoms with E-state index < -0.39 is 0 Å². The fourth-order valence-electron chi connectivity index (χ4n) is 9.82. The largest absolute Gasteiger partial charge is 0.341 e. The highest BCUT2D eigenvalue weighted by Gasteiger charge is 2.48. The van der Waals surface area contributed by atoms with Crippen molar-refractivity contribution >= 4 is 11.3 Å². The Balaban J connectivity index is 0.856. The number of rotatable bonds is 6. The maximum absolute atomic E-state index is 4.85. The lowest BCUT2D eigenvalue weighted by atomic mass is 9.81. The zero-order valence-corrected chi connectivity index (χ0v) is 25.6. The standard InChI is InChI=1S/C40H39N5/c1-3-22(4-2-21(1)29-18-34(41-19-29)35-16-27-14-32(27)43-35)30-11-12-31(39-26-10-9-25(13-26)38(30)39)23-5-7-24(8-6-23)37-20-42-40(45-37)36-17-28-15-33(28)44-36/h1-8,11-12,19-20,25-28,32-33,35-36,43-44H,9-10,13-18H2,(H,42,45)/t25?,26?,27?,28?,32?,33?,35-,36?/m0/s1. The maximum Gasteiger partial charge on any atom is 0.123 e. The Labute approximate surface area is 264 Å². The minimum absolute atomic E-state index is 0.390. The normalized spacial score (nSPS) is 33.2. The molecule has 3 saturated carbocycles. The molecule has 7 unspecified atom stereocenters. The number of imidazole rings is 1. The van der Waals surface area contributed by atoms with Gasteiger partial charge in [0.2, 0.25) is 0 Å². The van der Waals surface area contributed by atoms with Crippen LogP contribution in [0.2, 0.25) is 0 Å². The Morgan fingerprint density at radius 1 is 0.600 bits per heavy atom. The third-order valence-electron chi connectivity index (χ3n) is 12.4. The molecule has 3 aromatic carbocycles. The summed E-state index contributed by atoms with van der Waals surface area (Å²) in [7, 11) is 0. The number of hydrogen-bond donors (Lipinski definition) is 3. The van der Waals surface area contributed by atoms with Gasteiger partial charge in [-0.2, -0.15) is 0 Å². The predicted octanol–water partition coefficient (Wildman–Crippen LogP) is 8.13. The van der Waals surface area contributed by atoms with Gasteiger partial charge in [-0.15, -0.1) is 0 Å². The van der Waals surface area contributed by atoms with Gasteiger partial charge in [-0.1, -0.05) is 60.7 Å². The number of nitrogens with zero attached hydrogens (tertiary/aromatic N) is 2. The van der Waals surface area contributed by atoms with Crippen molar-refractivity contribution < 1.29 is 0 Å². The molecular weight excluding hydrogens is 550 g/mol. The van der Waals surface area contributed by atoms with Crippen LogP contribution in [0, 0.1) is 11.8 Å². The Morgan fingerprint density at radius 2 is 1.20 bits per heavy atom. The second-order valence-corrected chi connectivity index (χ2v) is 15.1. The van der Waals surface area contributed by atoms with Crippen LogP contribution in [-0.4, -0.2) is 33.8 Å². The summed E-state index contributed by atoms with van der Waals surface area (Å²) in [5, 5.41) is 7.50. The number of nitrogens with one attached hydrogen (secondary N) is 3. The van der Waals surface area contributed by atoms with Crippen LogP contribution in [0.1, 0.15) is 91.8 Å². The predicted molar refractivity (Wildman–Crippen MR) is 180 cm³/mol. The van der Waals surface area contributed by atoms with Crippen molar-refractivity contribution in [3.8, 4) is 33.5 Å². The Morgan fingerprint density at radius 3 is 1.82 bits per heavy atom. The molecule has 3 N–H and O–H groups in total. The second kappa shape index (κ2) is 9.37. The third-order valence-corrected chi connectivity index (χ3v) is 12.4. The van der Waals surface area contributed by atoms with E-state index in [-0.39, 0.29) is 0 Å². The van der Waals surface area contributed by atoms with Crippen molar-refractivity contribution in [2.24, 2.45) is 16.8 Å². The molecule has 7 aliphatic rings. The topological polar surface area (TPSA) is 65.1 Å². The molecule has 5 nitrogen and oxygen atoms in total. The maximum atomic E-state index is 4.85. The van der Waals surface area contributed by atoms with Gasteiger partial charge in [-0.25, -0.2) is 4.98 Å². The van der Waals surface area contributed by atoms with Crippen LogP contribution in [0.25, 0.3) is 39.1 Å². The molecule has 11 rings (SSSR count). The van der Waals surface area contributed by atoms with Gasteiger partial charge < -0.3 is 15.6 Å². The Kier molecular flexibility index (Phi) is 5.29. The van der Waals surface area contributed by atoms with E-state index in [1.807, 2.05) is 6.20 Å². The highest BCUT2D eigenvalue weighted by molar-refractivity contribution is 6.02. The summed E-state index contributed by atoms with van der Waals surface area (Å²) in [5.41, 5.74) is 15.1. The van der Waals surface area contributed by atoms with Crippen LogP contribution in [0.3, 0.4) is 0 Å². The zero-order valence-electron chi connectivity index (χ0n) is 25.6. The van der Waals surface area contributed by atoms with Gasteiger partial charge in [0, 0.05) is 36.5 Å². The summed E-state index contributed by atoms with van der Waals surface area (Å²) in [6, 6.07) is 25.8. The number of aromatic nitrogens is 2. The average Bonchev–Trinajstić information content (AvgIpc) is 3.63. The molecule has 4 aliphatic carbocycles. The first-order valence-electron chi connectivity index (χ1n) is 17.4. The van der Waals surface area contributed by atoms with Crippen molar-refractivity contribution in [1.82, 2.24) is 20.6 Å². The second-order valence-electron chi connectivity index (χ2n) is 15.1. The van der Waals surface area contributed by atoms with Crippen LogP contribution in [0.5, 0.6) is 0 Å². The van der Waals surface area contributed by atoms with Crippen LogP contribution >= 0.6 is 0 Å². The molecule has 45 heavy (non-hydrogen) atoms. The molecule has 1 aromatic heterocycles. The molecule has 224 valence electrons. The lowest BCUT2D eigenvalue weighted by Crippen LogP contribution is -2.33. The van der Waals surface area contributed by atoms with Crippen LogP contribution in [0.15, 0.2) is 78.1 Å². The van der Waals surface area contributed by atoms with E-state index in [1.54, 1.807) is 11.1 Å². The van der Waals surface area contributed by atoms with Crippen LogP contribution in [0.4, 0.5) is 0 Å². The lowest BCUT2D eigenvalue weighted by Gasteiger charge is -2.23. The van der Waals surface area contributed by atoms with E-state index in [0.717, 1.165) is 41.9 Å². The molecule has 5 fully saturated rings. The highest BCUT2D eigenvalue weighted by atomic mass is 15.1. The first-order chi connectivity index (χ1) is 22.2. The highest BCUT2D eigenvalue weighted by Crippen LogP contribution is 2.58. The summed E-state index contributed by atoms with van der Waals surface area (Å²) >= 11 is 0. The number of allylic oxidation sites excluding steroid dienone is 1. The van der Waals surface area contributed by atoms with Crippen LogP contribution in [-0.2, 0) is 0 Å². The monoisotopic (exact) mass is 589 g/mol. The number of H-pyrrole nitrogens is 1. The van der Waals surface area contributed by atoms with Crippen molar-refractivity contribution in [3.05, 3.63) is 95.6 Å². The fraction of sp³-hybridized carbons (Fsp3) is 0.400. The lowest BCUT2D eigenvalue weighted by molar-refractivity contribution is 0.543. The van der Waals surface area contributed by atoms with Gasteiger partial charge in [-0.05, 0) is 119 Å². The summed E-state index contributed by atoms with van der Waals surface area (Å²) in [5.74, 6) is 4.25. The molecule has 4 aromatic rings. The van der Waals surface area contributed by atoms with Gasteiger partial charge in [0.15, 0.2) is 0 Å². The zero-order chi connectivity index (χ0) is 29.2. The van der Waals surface area contributed by atoms with Gasteiger partial charge >= 0.3 is 0 Å². The smallest absolute Gasteiger partial charge is 0.123 e. The molecule has 8 atom stereocenters. The molecule has 0 amide bonds. The van der Waals surface area contributed by atoms with Gasteiger partial charge in [0.05, 0.1) is 17.9 Å². The van der Waals surface area contributed by atoms with E-state index >= 15 is 0 Å². The average molecular weight is 590 g/mol. The van der Waals surface area contributed by atoms with Gasteiger partial charge in [0.1, 0.15) is 5.82 Å². The molecule has 0 radical (unpaired) electrons. The van der Waals surface area contributed by atoms with Crippen LogP contribution < -0.4 is 10.6 Å². The first kappa shape index (κ1) is 25.4. The van der Waals surface area contributed by atoms with Crippen molar-refractivity contribution in [3.63, 3.8) is 0 Å². The van der Waals surface area contributed by atoms with E-state index in [0.29, 0.717) is 23.9 Å². The van der Waals surface area contributed by atoms with E-state index in [2.05, 4.69) is 82.5 Å². The summed E-state index contributed by atoms with van der Waals surface area (Å²) in [6.45, 7) is 0. The van der Waals surface area contributed by atoms with Gasteiger partial charge in [0.25, 0.3) is 0 Å². The molecule has 5 heteroatoms. The number of fused-ring (bicyclic) bond motifs is 7. The Hall–Kier alpha value is -3.80. The van der Waals surface area contributed by atoms with E-state index in [9.17, 15) is 0 Å². The molecule has 4 heterocycles. The molecular formula is C40H39N5. The SMILES string of the molecule is C1=C(c2ccc(-c3ccc(-c4ccc(-c5cnc(C6CC7CC7N6)[nH]5)cc4)c4c3C3CCC4C3)cc2)CC([C@@H]2CC3CC3N2)=N1. The van der Waals surface area contributed by atoms with E-state index in [1.165, 1.54) is 89.6 Å². The fourth-order valence-corrected chi connectivity index (χ4v) is 9.82. The van der Waals surface area contributed by atoms with E-state index in [4.69, 9.17) is 9.98 Å². The van der Waals surface area contributed by atoms with Crippen molar-refractivity contribution in [2.45, 2.75) is 87.4 Å². The number of aliphatic imine (C=N–C) groups is 1. The minimum atomic E-state index is 0.390. The van der Waals surface area contributed by atoms with Gasteiger partial charge in [-0.3, -0.25) is 4.99 Å². The third kappa shape index (κ3) is 4.06. The molecule has 0 spiro atoms. The first-order valence-corrected chi connectivity index (χ1v) is 17.4. The number of benzene rings is 3. The number of hydrogen-bond acceptors (Lipinski definition) is 4. The molecule has 2 bridgehead atoms. The molecule has 3 aliphatic heterocycles. The number of aromatic amines is 1. The number of piperidine rings is 2. The van der Waals surface area contributed by atoms with Crippen molar-refractivity contribution in [2.75, 3.05) is 0 Å².